The van der Waals surface area contributed by atoms with Crippen molar-refractivity contribution in [1.82, 2.24) is 9.38 Å². The Kier molecular flexibility index (Phi) is 4.18. The number of benzene rings is 1. The number of nitrogens with two attached hydrogens (primary N) is 1. The minimum atomic E-state index is -3.66. The van der Waals surface area contributed by atoms with Crippen molar-refractivity contribution in [2.75, 3.05) is 12.8 Å². The van der Waals surface area contributed by atoms with Gasteiger partial charge in [0.2, 0.25) is 0 Å². The van der Waals surface area contributed by atoms with E-state index in [1.54, 1.807) is 43.5 Å². The minimum absolute atomic E-state index is 0.00787. The molecule has 3 aromatic rings. The summed E-state index contributed by atoms with van der Waals surface area (Å²) < 4.78 is 45.3. The lowest BCUT2D eigenvalue weighted by atomic mass is 10.1. The maximum Gasteiger partial charge on any atom is 0.188 e. The van der Waals surface area contributed by atoms with Crippen molar-refractivity contribution in [3.8, 4) is 17.0 Å². The molecule has 8 heteroatoms. The van der Waals surface area contributed by atoms with E-state index in [4.69, 9.17) is 10.5 Å². The second-order valence-corrected chi connectivity index (χ2v) is 9.60. The monoisotopic (exact) mass is 377 g/mol. The quantitative estimate of drug-likeness (QED) is 0.708. The number of aromatic nitrogens is 2. The second-order valence-electron chi connectivity index (χ2n) is 6.93. The molecular formula is C18H20FN3O3S. The van der Waals surface area contributed by atoms with Crippen LogP contribution in [0.1, 0.15) is 20.8 Å². The summed E-state index contributed by atoms with van der Waals surface area (Å²) in [6.07, 6.45) is 3.06. The third-order valence-corrected chi connectivity index (χ3v) is 6.68. The topological polar surface area (TPSA) is 86.7 Å². The Morgan fingerprint density at radius 1 is 1.23 bits per heavy atom. The number of fused-ring (bicyclic) bond motifs is 1. The van der Waals surface area contributed by atoms with Gasteiger partial charge in [-0.05, 0) is 39.0 Å². The summed E-state index contributed by atoms with van der Waals surface area (Å²) in [7, 11) is -2.25. The Morgan fingerprint density at radius 3 is 2.50 bits per heavy atom. The summed E-state index contributed by atoms with van der Waals surface area (Å²) in [6, 6.07) is 5.88. The highest BCUT2D eigenvalue weighted by Crippen LogP contribution is 2.34. The van der Waals surface area contributed by atoms with Gasteiger partial charge in [-0.15, -0.1) is 0 Å². The Bertz CT molecular complexity index is 1100. The number of halogens is 1. The first-order chi connectivity index (χ1) is 12.1. The predicted octanol–water partition coefficient (Wildman–Crippen LogP) is 3.30. The Morgan fingerprint density at radius 2 is 1.92 bits per heavy atom. The zero-order chi connectivity index (χ0) is 19.3. The molecule has 2 N–H and O–H groups in total. The summed E-state index contributed by atoms with van der Waals surface area (Å²) >= 11 is 0. The van der Waals surface area contributed by atoms with Crippen LogP contribution in [0.3, 0.4) is 0 Å². The average Bonchev–Trinajstić information content (AvgIpc) is 2.98. The largest absolute Gasteiger partial charge is 0.495 e. The van der Waals surface area contributed by atoms with Crippen LogP contribution < -0.4 is 10.5 Å². The standard InChI is InChI=1S/C18H20FN3O3S/c1-18(2,3)26(23,24)16-10-22-14(9-21-17(22)8-15(16)25-4)11-5-6-12(19)13(20)7-11/h5-10H,20H2,1-4H3. The van der Waals surface area contributed by atoms with Crippen LogP contribution in [0.4, 0.5) is 10.1 Å². The van der Waals surface area contributed by atoms with Crippen molar-refractivity contribution in [2.24, 2.45) is 0 Å². The van der Waals surface area contributed by atoms with Gasteiger partial charge in [-0.3, -0.25) is 4.40 Å². The van der Waals surface area contributed by atoms with Crippen LogP contribution in [0.2, 0.25) is 0 Å². The van der Waals surface area contributed by atoms with Crippen molar-refractivity contribution in [1.29, 1.82) is 0 Å². The molecule has 0 saturated heterocycles. The number of sulfone groups is 1. The van der Waals surface area contributed by atoms with Gasteiger partial charge in [0, 0.05) is 17.8 Å². The lowest BCUT2D eigenvalue weighted by Crippen LogP contribution is -2.28. The number of nitrogen functional groups attached to an aromatic ring is 1. The first kappa shape index (κ1) is 18.2. The lowest BCUT2D eigenvalue weighted by Gasteiger charge is -2.21. The number of hydrogen-bond acceptors (Lipinski definition) is 5. The molecule has 26 heavy (non-hydrogen) atoms. The number of anilines is 1. The van der Waals surface area contributed by atoms with E-state index in [9.17, 15) is 12.8 Å². The molecule has 0 fully saturated rings. The third-order valence-electron chi connectivity index (χ3n) is 4.18. The Balaban J connectivity index is 2.30. The van der Waals surface area contributed by atoms with Gasteiger partial charge < -0.3 is 10.5 Å². The molecule has 0 aliphatic heterocycles. The van der Waals surface area contributed by atoms with E-state index in [2.05, 4.69) is 4.98 Å². The zero-order valence-corrected chi connectivity index (χ0v) is 15.8. The van der Waals surface area contributed by atoms with Crippen LogP contribution in [-0.2, 0) is 9.84 Å². The molecule has 0 aliphatic rings. The molecule has 0 radical (unpaired) electrons. The van der Waals surface area contributed by atoms with Gasteiger partial charge in [-0.2, -0.15) is 0 Å². The second kappa shape index (κ2) is 5.98. The summed E-state index contributed by atoms with van der Waals surface area (Å²) in [6.45, 7) is 4.88. The van der Waals surface area contributed by atoms with E-state index in [1.165, 1.54) is 25.4 Å². The highest BCUT2D eigenvalue weighted by atomic mass is 32.2. The normalized spacial score (nSPS) is 12.5. The smallest absolute Gasteiger partial charge is 0.188 e. The van der Waals surface area contributed by atoms with E-state index in [1.807, 2.05) is 0 Å². The molecule has 2 aromatic heterocycles. The van der Waals surface area contributed by atoms with E-state index in [-0.39, 0.29) is 16.3 Å². The maximum absolute atomic E-state index is 13.5. The van der Waals surface area contributed by atoms with Crippen LogP contribution >= 0.6 is 0 Å². The fourth-order valence-corrected chi connectivity index (χ4v) is 3.91. The summed E-state index contributed by atoms with van der Waals surface area (Å²) in [4.78, 5) is 4.36. The van der Waals surface area contributed by atoms with Gasteiger partial charge in [-0.25, -0.2) is 17.8 Å². The minimum Gasteiger partial charge on any atom is -0.495 e. The number of ether oxygens (including phenoxy) is 1. The molecular weight excluding hydrogens is 357 g/mol. The van der Waals surface area contributed by atoms with Crippen molar-refractivity contribution in [3.05, 3.63) is 42.5 Å². The Hall–Kier alpha value is -2.61. The summed E-state index contributed by atoms with van der Waals surface area (Å²) in [5, 5.41) is 0. The number of methoxy groups -OCH3 is 1. The number of nitrogens with zero attached hydrogens (tertiary/aromatic N) is 2. The van der Waals surface area contributed by atoms with Gasteiger partial charge in [0.25, 0.3) is 0 Å². The van der Waals surface area contributed by atoms with Crippen LogP contribution in [0.15, 0.2) is 41.6 Å². The first-order valence-electron chi connectivity index (χ1n) is 7.91. The van der Waals surface area contributed by atoms with Crippen LogP contribution in [0, 0.1) is 5.82 Å². The molecule has 2 heterocycles. The molecule has 0 amide bonds. The van der Waals surface area contributed by atoms with Gasteiger partial charge in [-0.1, -0.05) is 0 Å². The van der Waals surface area contributed by atoms with Gasteiger partial charge in [0.15, 0.2) is 9.84 Å². The van der Waals surface area contributed by atoms with Gasteiger partial charge >= 0.3 is 0 Å². The van der Waals surface area contributed by atoms with E-state index >= 15 is 0 Å². The molecule has 0 unspecified atom stereocenters. The molecule has 0 spiro atoms. The SMILES string of the molecule is COc1cc2ncc(-c3ccc(F)c(N)c3)n2cc1S(=O)(=O)C(C)(C)C. The van der Waals surface area contributed by atoms with Crippen LogP contribution in [0.5, 0.6) is 5.75 Å². The Labute approximate surface area is 151 Å². The molecule has 138 valence electrons. The van der Waals surface area contributed by atoms with Gasteiger partial charge in [0.1, 0.15) is 22.1 Å². The molecule has 0 bridgehead atoms. The number of pyridine rings is 1. The number of hydrogen-bond donors (Lipinski definition) is 1. The molecule has 0 saturated carbocycles. The first-order valence-corrected chi connectivity index (χ1v) is 9.39. The fourth-order valence-electron chi connectivity index (χ4n) is 2.59. The molecule has 0 atom stereocenters. The summed E-state index contributed by atoms with van der Waals surface area (Å²) in [5.74, 6) is -0.288. The zero-order valence-electron chi connectivity index (χ0n) is 14.9. The predicted molar refractivity (Wildman–Crippen MR) is 98.5 cm³/mol. The van der Waals surface area contributed by atoms with E-state index < -0.39 is 20.4 Å². The van der Waals surface area contributed by atoms with Crippen molar-refractivity contribution >= 4 is 21.2 Å². The molecule has 1 aromatic carbocycles. The van der Waals surface area contributed by atoms with Crippen molar-refractivity contribution < 1.29 is 17.5 Å². The molecule has 0 aliphatic carbocycles. The van der Waals surface area contributed by atoms with Crippen LogP contribution in [-0.4, -0.2) is 29.7 Å². The summed E-state index contributed by atoms with van der Waals surface area (Å²) in [5.41, 5.74) is 7.39. The highest BCUT2D eigenvalue weighted by molar-refractivity contribution is 7.92. The fraction of sp³-hybridized carbons (Fsp3) is 0.278. The van der Waals surface area contributed by atoms with Gasteiger partial charge in [0.05, 0.1) is 29.4 Å². The average molecular weight is 377 g/mol. The maximum atomic E-state index is 13.5. The third kappa shape index (κ3) is 2.80. The van der Waals surface area contributed by atoms with Crippen molar-refractivity contribution in [2.45, 2.75) is 30.4 Å². The van der Waals surface area contributed by atoms with Crippen molar-refractivity contribution in [3.63, 3.8) is 0 Å². The molecule has 6 nitrogen and oxygen atoms in total. The lowest BCUT2D eigenvalue weighted by molar-refractivity contribution is 0.401. The van der Waals surface area contributed by atoms with E-state index in [0.29, 0.717) is 16.9 Å². The molecule has 3 rings (SSSR count). The highest BCUT2D eigenvalue weighted by Gasteiger charge is 2.34. The van der Waals surface area contributed by atoms with E-state index in [0.717, 1.165) is 0 Å². The van der Waals surface area contributed by atoms with Crippen LogP contribution in [0.25, 0.3) is 16.9 Å². The number of rotatable bonds is 3. The number of imidazole rings is 1.